The molecule has 4 nitrogen and oxygen atoms in total. The fraction of sp³-hybridized carbons (Fsp3) is 0.900. The summed E-state index contributed by atoms with van der Waals surface area (Å²) in [4.78, 5) is 11.3. The Hall–Kier alpha value is -0.260. The van der Waals surface area contributed by atoms with Crippen LogP contribution in [0.4, 0.5) is 0 Å². The van der Waals surface area contributed by atoms with Crippen molar-refractivity contribution in [2.45, 2.75) is 37.8 Å². The molecule has 5 heteroatoms. The minimum atomic E-state index is -0.850. The van der Waals surface area contributed by atoms with Crippen LogP contribution in [0.25, 0.3) is 0 Å². The zero-order chi connectivity index (χ0) is 11.5. The van der Waals surface area contributed by atoms with E-state index in [0.717, 1.165) is 11.5 Å². The first kappa shape index (κ1) is 12.8. The Kier molecular flexibility index (Phi) is 4.03. The quantitative estimate of drug-likeness (QED) is 0.667. The maximum absolute atomic E-state index is 11.3. The summed E-state index contributed by atoms with van der Waals surface area (Å²) in [5.74, 6) is 0.922. The predicted molar refractivity (Wildman–Crippen MR) is 61.2 cm³/mol. The van der Waals surface area contributed by atoms with Gasteiger partial charge in [-0.05, 0) is 38.2 Å². The molecule has 0 aliphatic carbocycles. The molecule has 88 valence electrons. The molecule has 0 aromatic rings. The van der Waals surface area contributed by atoms with E-state index in [9.17, 15) is 9.90 Å². The van der Waals surface area contributed by atoms with Gasteiger partial charge in [0, 0.05) is 5.54 Å². The number of thioether (sulfide) groups is 1. The molecule has 1 heterocycles. The normalized spacial score (nSPS) is 21.3. The minimum Gasteiger partial charge on any atom is -0.480 e. The van der Waals surface area contributed by atoms with Crippen molar-refractivity contribution in [2.75, 3.05) is 18.1 Å². The van der Waals surface area contributed by atoms with Crippen molar-refractivity contribution in [2.24, 2.45) is 0 Å². The zero-order valence-electron chi connectivity index (χ0n) is 9.25. The SMILES string of the molecule is CC(C)(CO)NC1(C(=O)O)CCSCC1. The second-order valence-corrected chi connectivity index (χ2v) is 5.89. The Balaban J connectivity index is 2.77. The fourth-order valence-electron chi connectivity index (χ4n) is 1.80. The Morgan fingerprint density at radius 1 is 1.47 bits per heavy atom. The molecule has 0 aromatic carbocycles. The summed E-state index contributed by atoms with van der Waals surface area (Å²) in [5.41, 5.74) is -1.39. The molecule has 0 amide bonds. The van der Waals surface area contributed by atoms with Crippen LogP contribution in [0, 0.1) is 0 Å². The highest BCUT2D eigenvalue weighted by Gasteiger charge is 2.43. The van der Waals surface area contributed by atoms with Crippen LogP contribution in [0.3, 0.4) is 0 Å². The molecule has 1 rings (SSSR count). The van der Waals surface area contributed by atoms with Crippen LogP contribution in [0.2, 0.25) is 0 Å². The maximum Gasteiger partial charge on any atom is 0.323 e. The molecule has 0 atom stereocenters. The summed E-state index contributed by atoms with van der Waals surface area (Å²) in [6, 6.07) is 0. The standard InChI is InChI=1S/C10H19NO3S/c1-9(2,7-12)11-10(8(13)14)3-5-15-6-4-10/h11-12H,3-7H2,1-2H3,(H,13,14). The summed E-state index contributed by atoms with van der Waals surface area (Å²) in [6.45, 7) is 3.58. The van der Waals surface area contributed by atoms with E-state index in [2.05, 4.69) is 5.32 Å². The molecule has 0 unspecified atom stereocenters. The lowest BCUT2D eigenvalue weighted by Gasteiger charge is -2.40. The summed E-state index contributed by atoms with van der Waals surface area (Å²) >= 11 is 1.78. The van der Waals surface area contributed by atoms with Gasteiger partial charge in [-0.2, -0.15) is 11.8 Å². The molecule has 1 saturated heterocycles. The van der Waals surface area contributed by atoms with Crippen LogP contribution in [-0.4, -0.2) is 45.4 Å². The van der Waals surface area contributed by atoms with Crippen molar-refractivity contribution in [3.8, 4) is 0 Å². The molecule has 0 radical (unpaired) electrons. The second kappa shape index (κ2) is 4.72. The van der Waals surface area contributed by atoms with E-state index >= 15 is 0 Å². The summed E-state index contributed by atoms with van der Waals surface area (Å²) in [7, 11) is 0. The van der Waals surface area contributed by atoms with E-state index in [4.69, 9.17) is 5.11 Å². The van der Waals surface area contributed by atoms with Gasteiger partial charge >= 0.3 is 5.97 Å². The molecular weight excluding hydrogens is 214 g/mol. The number of aliphatic carboxylic acids is 1. The molecule has 0 spiro atoms. The monoisotopic (exact) mass is 233 g/mol. The second-order valence-electron chi connectivity index (χ2n) is 4.67. The summed E-state index contributed by atoms with van der Waals surface area (Å²) in [6.07, 6.45) is 1.24. The van der Waals surface area contributed by atoms with Gasteiger partial charge in [-0.25, -0.2) is 0 Å². The molecule has 1 aliphatic rings. The average Bonchev–Trinajstić information content (AvgIpc) is 2.18. The van der Waals surface area contributed by atoms with E-state index in [0.29, 0.717) is 12.8 Å². The third-order valence-corrected chi connectivity index (χ3v) is 3.71. The predicted octanol–water partition coefficient (Wildman–Crippen LogP) is 0.697. The number of carboxylic acid groups (broad SMARTS) is 1. The fourth-order valence-corrected chi connectivity index (χ4v) is 2.99. The smallest absolute Gasteiger partial charge is 0.323 e. The van der Waals surface area contributed by atoms with Crippen molar-refractivity contribution in [3.05, 3.63) is 0 Å². The van der Waals surface area contributed by atoms with Crippen LogP contribution in [-0.2, 0) is 4.79 Å². The van der Waals surface area contributed by atoms with Gasteiger partial charge in [0.1, 0.15) is 5.54 Å². The molecule has 1 fully saturated rings. The van der Waals surface area contributed by atoms with Crippen LogP contribution in [0.1, 0.15) is 26.7 Å². The van der Waals surface area contributed by atoms with Crippen molar-refractivity contribution >= 4 is 17.7 Å². The first-order valence-electron chi connectivity index (χ1n) is 5.13. The number of hydrogen-bond donors (Lipinski definition) is 3. The van der Waals surface area contributed by atoms with Crippen LogP contribution < -0.4 is 5.32 Å². The molecule has 0 bridgehead atoms. The van der Waals surface area contributed by atoms with Gasteiger partial charge in [-0.15, -0.1) is 0 Å². The number of carbonyl (C=O) groups is 1. The highest BCUT2D eigenvalue weighted by atomic mass is 32.2. The van der Waals surface area contributed by atoms with Crippen molar-refractivity contribution in [3.63, 3.8) is 0 Å². The third-order valence-electron chi connectivity index (χ3n) is 2.73. The van der Waals surface area contributed by atoms with E-state index < -0.39 is 17.0 Å². The third kappa shape index (κ3) is 3.09. The maximum atomic E-state index is 11.3. The van der Waals surface area contributed by atoms with Gasteiger partial charge in [-0.1, -0.05) is 0 Å². The van der Waals surface area contributed by atoms with E-state index in [1.165, 1.54) is 0 Å². The Morgan fingerprint density at radius 2 is 2.00 bits per heavy atom. The molecule has 1 aliphatic heterocycles. The van der Waals surface area contributed by atoms with Gasteiger partial charge < -0.3 is 10.2 Å². The number of nitrogens with one attached hydrogen (secondary N) is 1. The van der Waals surface area contributed by atoms with E-state index in [1.54, 1.807) is 11.8 Å². The Morgan fingerprint density at radius 3 is 2.40 bits per heavy atom. The topological polar surface area (TPSA) is 69.6 Å². The lowest BCUT2D eigenvalue weighted by atomic mass is 9.88. The van der Waals surface area contributed by atoms with Gasteiger partial charge in [0.15, 0.2) is 0 Å². The summed E-state index contributed by atoms with van der Waals surface area (Å²) in [5, 5.41) is 21.5. The van der Waals surface area contributed by atoms with E-state index in [1.807, 2.05) is 13.8 Å². The molecule has 0 aromatic heterocycles. The van der Waals surface area contributed by atoms with Crippen LogP contribution in [0.5, 0.6) is 0 Å². The number of aliphatic hydroxyl groups is 1. The van der Waals surface area contributed by atoms with E-state index in [-0.39, 0.29) is 6.61 Å². The zero-order valence-corrected chi connectivity index (χ0v) is 10.1. The van der Waals surface area contributed by atoms with Gasteiger partial charge in [0.25, 0.3) is 0 Å². The molecule has 3 N–H and O–H groups in total. The highest BCUT2D eigenvalue weighted by molar-refractivity contribution is 7.99. The minimum absolute atomic E-state index is 0.0603. The molecule has 15 heavy (non-hydrogen) atoms. The number of carboxylic acids is 1. The Bertz CT molecular complexity index is 237. The largest absolute Gasteiger partial charge is 0.480 e. The summed E-state index contributed by atoms with van der Waals surface area (Å²) < 4.78 is 0. The van der Waals surface area contributed by atoms with Crippen molar-refractivity contribution < 1.29 is 15.0 Å². The molecule has 0 saturated carbocycles. The highest BCUT2D eigenvalue weighted by Crippen LogP contribution is 2.29. The number of hydrogen-bond acceptors (Lipinski definition) is 4. The molecular formula is C10H19NO3S. The number of rotatable bonds is 4. The van der Waals surface area contributed by atoms with Crippen molar-refractivity contribution in [1.82, 2.24) is 5.32 Å². The van der Waals surface area contributed by atoms with Gasteiger partial charge in [0.2, 0.25) is 0 Å². The average molecular weight is 233 g/mol. The van der Waals surface area contributed by atoms with Crippen LogP contribution >= 0.6 is 11.8 Å². The first-order chi connectivity index (χ1) is 6.92. The van der Waals surface area contributed by atoms with Gasteiger partial charge in [-0.3, -0.25) is 10.1 Å². The number of aliphatic hydroxyl groups excluding tert-OH is 1. The van der Waals surface area contributed by atoms with Crippen LogP contribution in [0.15, 0.2) is 0 Å². The lowest BCUT2D eigenvalue weighted by molar-refractivity contribution is -0.146. The lowest BCUT2D eigenvalue weighted by Crippen LogP contribution is -2.62. The van der Waals surface area contributed by atoms with Gasteiger partial charge in [0.05, 0.1) is 6.61 Å². The first-order valence-corrected chi connectivity index (χ1v) is 6.29. The Labute approximate surface area is 94.4 Å². The van der Waals surface area contributed by atoms with Crippen molar-refractivity contribution in [1.29, 1.82) is 0 Å².